The Bertz CT molecular complexity index is 623. The summed E-state index contributed by atoms with van der Waals surface area (Å²) in [7, 11) is 0. The first-order valence-corrected chi connectivity index (χ1v) is 6.46. The summed E-state index contributed by atoms with van der Waals surface area (Å²) in [4.78, 5) is 14.1. The van der Waals surface area contributed by atoms with E-state index in [0.29, 0.717) is 23.5 Å². The number of nitrogen functional groups attached to an aromatic ring is 1. The van der Waals surface area contributed by atoms with Gasteiger partial charge in [0.2, 0.25) is 0 Å². The van der Waals surface area contributed by atoms with E-state index in [1.807, 2.05) is 19.9 Å². The maximum atomic E-state index is 13.0. The second kappa shape index (κ2) is 5.74. The number of anilines is 2. The summed E-state index contributed by atoms with van der Waals surface area (Å²) in [5, 5.41) is 0. The van der Waals surface area contributed by atoms with Crippen LogP contribution in [0.2, 0.25) is 0 Å². The third-order valence-corrected chi connectivity index (χ3v) is 3.14. The summed E-state index contributed by atoms with van der Waals surface area (Å²) < 4.78 is 13.0. The first-order valence-electron chi connectivity index (χ1n) is 6.46. The van der Waals surface area contributed by atoms with Crippen LogP contribution in [-0.4, -0.2) is 12.5 Å². The molecule has 1 amide bonds. The number of aryl methyl sites for hydroxylation is 1. The molecule has 2 aromatic rings. The lowest BCUT2D eigenvalue weighted by Crippen LogP contribution is -2.31. The molecule has 0 fully saturated rings. The number of carbonyl (C=O) groups is 1. The van der Waals surface area contributed by atoms with Gasteiger partial charge in [0.05, 0.1) is 5.56 Å². The van der Waals surface area contributed by atoms with Gasteiger partial charge in [-0.1, -0.05) is 6.07 Å². The molecule has 0 bridgehead atoms. The monoisotopic (exact) mass is 272 g/mol. The number of nitrogens with two attached hydrogens (primary N) is 1. The molecule has 0 atom stereocenters. The van der Waals surface area contributed by atoms with Gasteiger partial charge in [0.15, 0.2) is 0 Å². The SMILES string of the molecule is CCN(C(=O)c1ccc(C)cc1N)c1ccc(F)cc1. The van der Waals surface area contributed by atoms with E-state index in [4.69, 9.17) is 5.73 Å². The van der Waals surface area contributed by atoms with Gasteiger partial charge in [-0.25, -0.2) is 4.39 Å². The van der Waals surface area contributed by atoms with Crippen LogP contribution < -0.4 is 10.6 Å². The van der Waals surface area contributed by atoms with E-state index in [9.17, 15) is 9.18 Å². The zero-order chi connectivity index (χ0) is 14.7. The van der Waals surface area contributed by atoms with Crippen molar-refractivity contribution in [3.05, 3.63) is 59.4 Å². The Morgan fingerprint density at radius 2 is 1.85 bits per heavy atom. The fraction of sp³-hybridized carbons (Fsp3) is 0.188. The number of amides is 1. The van der Waals surface area contributed by atoms with Gasteiger partial charge in [-0.2, -0.15) is 0 Å². The van der Waals surface area contributed by atoms with Crippen LogP contribution in [0.3, 0.4) is 0 Å². The van der Waals surface area contributed by atoms with Crippen LogP contribution in [0.15, 0.2) is 42.5 Å². The average molecular weight is 272 g/mol. The van der Waals surface area contributed by atoms with Crippen LogP contribution in [0, 0.1) is 12.7 Å². The zero-order valence-electron chi connectivity index (χ0n) is 11.6. The van der Waals surface area contributed by atoms with Crippen LogP contribution in [0.4, 0.5) is 15.8 Å². The predicted octanol–water partition coefficient (Wildman–Crippen LogP) is 3.38. The number of hydrogen-bond acceptors (Lipinski definition) is 2. The summed E-state index contributed by atoms with van der Waals surface area (Å²) >= 11 is 0. The van der Waals surface area contributed by atoms with Crippen LogP contribution in [0.5, 0.6) is 0 Å². The van der Waals surface area contributed by atoms with Crippen molar-refractivity contribution < 1.29 is 9.18 Å². The number of carbonyl (C=O) groups excluding carboxylic acids is 1. The Balaban J connectivity index is 2.36. The van der Waals surface area contributed by atoms with E-state index in [-0.39, 0.29) is 11.7 Å². The Morgan fingerprint density at radius 3 is 2.40 bits per heavy atom. The first kappa shape index (κ1) is 14.1. The van der Waals surface area contributed by atoms with Gasteiger partial charge in [-0.3, -0.25) is 4.79 Å². The molecule has 3 nitrogen and oxygen atoms in total. The van der Waals surface area contributed by atoms with Crippen molar-refractivity contribution in [3.8, 4) is 0 Å². The quantitative estimate of drug-likeness (QED) is 0.871. The highest BCUT2D eigenvalue weighted by Gasteiger charge is 2.18. The molecule has 0 heterocycles. The van der Waals surface area contributed by atoms with Crippen molar-refractivity contribution in [2.45, 2.75) is 13.8 Å². The Hall–Kier alpha value is -2.36. The molecule has 0 saturated carbocycles. The molecular formula is C16H17FN2O. The van der Waals surface area contributed by atoms with Gasteiger partial charge in [0.25, 0.3) is 5.91 Å². The highest BCUT2D eigenvalue weighted by Crippen LogP contribution is 2.21. The normalized spacial score (nSPS) is 10.3. The fourth-order valence-electron chi connectivity index (χ4n) is 2.09. The molecule has 2 N–H and O–H groups in total. The van der Waals surface area contributed by atoms with Gasteiger partial charge in [0, 0.05) is 17.9 Å². The minimum atomic E-state index is -0.327. The van der Waals surface area contributed by atoms with E-state index >= 15 is 0 Å². The summed E-state index contributed by atoms with van der Waals surface area (Å²) in [5.41, 5.74) is 8.48. The van der Waals surface area contributed by atoms with Gasteiger partial charge in [0.1, 0.15) is 5.82 Å². The summed E-state index contributed by atoms with van der Waals surface area (Å²) in [5.74, 6) is -0.510. The Kier molecular flexibility index (Phi) is 4.03. The molecule has 104 valence electrons. The van der Waals surface area contributed by atoms with Crippen LogP contribution >= 0.6 is 0 Å². The van der Waals surface area contributed by atoms with Crippen LogP contribution in [-0.2, 0) is 0 Å². The van der Waals surface area contributed by atoms with Gasteiger partial charge < -0.3 is 10.6 Å². The standard InChI is InChI=1S/C16H17FN2O/c1-3-19(13-7-5-12(17)6-8-13)16(20)14-9-4-11(2)10-15(14)18/h4-10H,3,18H2,1-2H3. The van der Waals surface area contributed by atoms with E-state index < -0.39 is 0 Å². The second-order valence-corrected chi connectivity index (χ2v) is 4.62. The van der Waals surface area contributed by atoms with E-state index in [0.717, 1.165) is 5.56 Å². The minimum absolute atomic E-state index is 0.184. The second-order valence-electron chi connectivity index (χ2n) is 4.62. The Labute approximate surface area is 117 Å². The molecule has 2 rings (SSSR count). The molecule has 0 unspecified atom stereocenters. The minimum Gasteiger partial charge on any atom is -0.398 e. The highest BCUT2D eigenvalue weighted by atomic mass is 19.1. The third kappa shape index (κ3) is 2.79. The van der Waals surface area contributed by atoms with Crippen molar-refractivity contribution in [3.63, 3.8) is 0 Å². The van der Waals surface area contributed by atoms with Crippen LogP contribution in [0.25, 0.3) is 0 Å². The lowest BCUT2D eigenvalue weighted by Gasteiger charge is -2.22. The summed E-state index contributed by atoms with van der Waals surface area (Å²) in [6.45, 7) is 4.27. The summed E-state index contributed by atoms with van der Waals surface area (Å²) in [6.07, 6.45) is 0. The molecule has 4 heteroatoms. The molecule has 0 aliphatic rings. The number of benzene rings is 2. The van der Waals surface area contributed by atoms with Gasteiger partial charge >= 0.3 is 0 Å². The lowest BCUT2D eigenvalue weighted by atomic mass is 10.1. The number of nitrogens with zero attached hydrogens (tertiary/aromatic N) is 1. The number of hydrogen-bond donors (Lipinski definition) is 1. The lowest BCUT2D eigenvalue weighted by molar-refractivity contribution is 0.0989. The average Bonchev–Trinajstić information content (AvgIpc) is 2.41. The predicted molar refractivity (Wildman–Crippen MR) is 79.3 cm³/mol. The Morgan fingerprint density at radius 1 is 1.20 bits per heavy atom. The topological polar surface area (TPSA) is 46.3 Å². The first-order chi connectivity index (χ1) is 9.52. The van der Waals surface area contributed by atoms with Crippen molar-refractivity contribution in [1.82, 2.24) is 0 Å². The summed E-state index contributed by atoms with van der Waals surface area (Å²) in [6, 6.07) is 11.2. The maximum Gasteiger partial charge on any atom is 0.260 e. The van der Waals surface area contributed by atoms with Crippen molar-refractivity contribution >= 4 is 17.3 Å². The maximum absolute atomic E-state index is 13.0. The van der Waals surface area contributed by atoms with Crippen molar-refractivity contribution in [2.24, 2.45) is 0 Å². The van der Waals surface area contributed by atoms with E-state index in [1.165, 1.54) is 12.1 Å². The fourth-order valence-corrected chi connectivity index (χ4v) is 2.09. The van der Waals surface area contributed by atoms with Gasteiger partial charge in [-0.05, 0) is 55.8 Å². The molecule has 2 aromatic carbocycles. The van der Waals surface area contributed by atoms with E-state index in [1.54, 1.807) is 29.2 Å². The van der Waals surface area contributed by atoms with Gasteiger partial charge in [-0.15, -0.1) is 0 Å². The molecule has 0 aromatic heterocycles. The molecule has 0 spiro atoms. The van der Waals surface area contributed by atoms with Crippen molar-refractivity contribution in [1.29, 1.82) is 0 Å². The van der Waals surface area contributed by atoms with E-state index in [2.05, 4.69) is 0 Å². The molecule has 20 heavy (non-hydrogen) atoms. The molecule has 0 saturated heterocycles. The largest absolute Gasteiger partial charge is 0.398 e. The number of rotatable bonds is 3. The molecule has 0 radical (unpaired) electrons. The highest BCUT2D eigenvalue weighted by molar-refractivity contribution is 6.09. The smallest absolute Gasteiger partial charge is 0.260 e. The molecule has 0 aliphatic carbocycles. The third-order valence-electron chi connectivity index (χ3n) is 3.14. The zero-order valence-corrected chi connectivity index (χ0v) is 11.6. The number of halogens is 1. The molecule has 0 aliphatic heterocycles. The molecular weight excluding hydrogens is 255 g/mol. The van der Waals surface area contributed by atoms with Crippen molar-refractivity contribution in [2.75, 3.05) is 17.2 Å². The van der Waals surface area contributed by atoms with Crippen LogP contribution in [0.1, 0.15) is 22.8 Å².